The largest absolute Gasteiger partial charge is 0.497 e. The number of benzene rings is 3. The van der Waals surface area contributed by atoms with Gasteiger partial charge in [0.05, 0.1) is 28.8 Å². The minimum Gasteiger partial charge on any atom is -0.497 e. The number of likely N-dealkylation sites (tertiary alicyclic amines) is 1. The van der Waals surface area contributed by atoms with Gasteiger partial charge in [0.15, 0.2) is 0 Å². The predicted molar refractivity (Wildman–Crippen MR) is 153 cm³/mol. The summed E-state index contributed by atoms with van der Waals surface area (Å²) in [4.78, 5) is 58.4. The van der Waals surface area contributed by atoms with Crippen molar-refractivity contribution in [3.05, 3.63) is 98.6 Å². The number of para-hydroxylation sites is 3. The van der Waals surface area contributed by atoms with Gasteiger partial charge in [0, 0.05) is 36.1 Å². The zero-order chi connectivity index (χ0) is 28.7. The molecule has 208 valence electrons. The molecular formula is C29H26N6O6. The number of anilines is 1. The quantitative estimate of drug-likeness (QED) is 0.208. The number of nitrogens with one attached hydrogen (secondary N) is 3. The number of nitro benzene ring substituents is 1. The van der Waals surface area contributed by atoms with E-state index < -0.39 is 10.8 Å². The molecule has 0 spiro atoms. The lowest BCUT2D eigenvalue weighted by Gasteiger charge is -2.32. The van der Waals surface area contributed by atoms with E-state index in [1.807, 2.05) is 24.3 Å². The first-order chi connectivity index (χ1) is 19.9. The number of imidazole rings is 1. The summed E-state index contributed by atoms with van der Waals surface area (Å²) in [6.45, 7) is 0.789. The van der Waals surface area contributed by atoms with E-state index in [0.717, 1.165) is 11.0 Å². The Hall–Kier alpha value is -5.39. The van der Waals surface area contributed by atoms with Gasteiger partial charge in [0.25, 0.3) is 17.5 Å². The van der Waals surface area contributed by atoms with Crippen molar-refractivity contribution < 1.29 is 19.2 Å². The molecule has 2 aromatic heterocycles. The molecule has 0 atom stereocenters. The van der Waals surface area contributed by atoms with Gasteiger partial charge in [-0.05, 0) is 49.2 Å². The highest BCUT2D eigenvalue weighted by Crippen LogP contribution is 2.34. The lowest BCUT2D eigenvalue weighted by atomic mass is 10.0. The molecule has 41 heavy (non-hydrogen) atoms. The van der Waals surface area contributed by atoms with Gasteiger partial charge in [-0.25, -0.2) is 4.79 Å². The van der Waals surface area contributed by atoms with Crippen molar-refractivity contribution in [2.75, 3.05) is 25.5 Å². The molecule has 0 unspecified atom stereocenters. The fourth-order valence-electron chi connectivity index (χ4n) is 5.52. The Morgan fingerprint density at radius 1 is 1.00 bits per heavy atom. The van der Waals surface area contributed by atoms with E-state index in [-0.39, 0.29) is 40.3 Å². The van der Waals surface area contributed by atoms with Crippen LogP contribution in [0.2, 0.25) is 0 Å². The summed E-state index contributed by atoms with van der Waals surface area (Å²) in [6, 6.07) is 18.2. The van der Waals surface area contributed by atoms with Gasteiger partial charge in [-0.2, -0.15) is 0 Å². The summed E-state index contributed by atoms with van der Waals surface area (Å²) in [7, 11) is 1.51. The number of aromatic amines is 2. The van der Waals surface area contributed by atoms with Crippen molar-refractivity contribution in [2.45, 2.75) is 18.9 Å². The SMILES string of the molecule is COc1ccc2[nH]c(C(=O)N3CCC(n4c(=O)[nH]c5ccccc54)CC3)c(NC(=O)c3ccccc3[N+](=O)[O-])c2c1. The van der Waals surface area contributed by atoms with Crippen molar-refractivity contribution in [3.63, 3.8) is 0 Å². The van der Waals surface area contributed by atoms with Crippen LogP contribution in [0.1, 0.15) is 39.7 Å². The molecule has 3 N–H and O–H groups in total. The third-order valence-electron chi connectivity index (χ3n) is 7.54. The lowest BCUT2D eigenvalue weighted by molar-refractivity contribution is -0.385. The molecule has 12 nitrogen and oxygen atoms in total. The summed E-state index contributed by atoms with van der Waals surface area (Å²) in [5.41, 5.74) is 1.90. The summed E-state index contributed by atoms with van der Waals surface area (Å²) >= 11 is 0. The number of hydrogen-bond donors (Lipinski definition) is 3. The van der Waals surface area contributed by atoms with E-state index in [2.05, 4.69) is 15.3 Å². The number of H-pyrrole nitrogens is 2. The van der Waals surface area contributed by atoms with Gasteiger partial charge < -0.3 is 24.9 Å². The molecule has 0 radical (unpaired) electrons. The molecule has 12 heteroatoms. The molecular weight excluding hydrogens is 528 g/mol. The second kappa shape index (κ2) is 10.3. The van der Waals surface area contributed by atoms with Crippen LogP contribution in [0, 0.1) is 10.1 Å². The molecule has 2 amide bonds. The first kappa shape index (κ1) is 25.9. The molecule has 0 bridgehead atoms. The maximum atomic E-state index is 13.8. The summed E-state index contributed by atoms with van der Waals surface area (Å²) in [6.07, 6.45) is 1.14. The van der Waals surface area contributed by atoms with Gasteiger partial charge in [-0.3, -0.25) is 24.3 Å². The van der Waals surface area contributed by atoms with Gasteiger partial charge in [-0.15, -0.1) is 0 Å². The number of carbonyl (C=O) groups excluding carboxylic acids is 2. The number of fused-ring (bicyclic) bond motifs is 2. The van der Waals surface area contributed by atoms with Crippen LogP contribution in [-0.2, 0) is 0 Å². The van der Waals surface area contributed by atoms with Crippen molar-refractivity contribution >= 4 is 45.1 Å². The number of amides is 2. The Bertz CT molecular complexity index is 1880. The highest BCUT2D eigenvalue weighted by Gasteiger charge is 2.30. The van der Waals surface area contributed by atoms with Gasteiger partial charge in [-0.1, -0.05) is 24.3 Å². The first-order valence-electron chi connectivity index (χ1n) is 13.1. The first-order valence-corrected chi connectivity index (χ1v) is 13.1. The van der Waals surface area contributed by atoms with Crippen LogP contribution in [0.15, 0.2) is 71.5 Å². The van der Waals surface area contributed by atoms with E-state index in [1.165, 1.54) is 31.4 Å². The monoisotopic (exact) mass is 554 g/mol. The molecule has 3 aromatic carbocycles. The topological polar surface area (TPSA) is 155 Å². The number of nitro groups is 1. The number of methoxy groups -OCH3 is 1. The van der Waals surface area contributed by atoms with Crippen molar-refractivity contribution in [1.82, 2.24) is 19.4 Å². The highest BCUT2D eigenvalue weighted by molar-refractivity contribution is 6.16. The second-order valence-electron chi connectivity index (χ2n) is 9.86. The molecule has 0 saturated carbocycles. The van der Waals surface area contributed by atoms with Gasteiger partial charge in [0.2, 0.25) is 0 Å². The number of piperidine rings is 1. The van der Waals surface area contributed by atoms with Crippen LogP contribution in [0.25, 0.3) is 21.9 Å². The summed E-state index contributed by atoms with van der Waals surface area (Å²) < 4.78 is 7.10. The van der Waals surface area contributed by atoms with Crippen LogP contribution in [0.3, 0.4) is 0 Å². The van der Waals surface area contributed by atoms with Crippen LogP contribution >= 0.6 is 0 Å². The van der Waals surface area contributed by atoms with E-state index in [0.29, 0.717) is 42.6 Å². The number of nitrogens with zero attached hydrogens (tertiary/aromatic N) is 3. The van der Waals surface area contributed by atoms with Crippen LogP contribution in [0.4, 0.5) is 11.4 Å². The zero-order valence-electron chi connectivity index (χ0n) is 22.0. The Morgan fingerprint density at radius 3 is 2.49 bits per heavy atom. The average Bonchev–Trinajstić information content (AvgIpc) is 3.52. The molecule has 1 aliphatic rings. The molecule has 1 aliphatic heterocycles. The minimum atomic E-state index is -0.715. The Morgan fingerprint density at radius 2 is 1.73 bits per heavy atom. The lowest BCUT2D eigenvalue weighted by Crippen LogP contribution is -2.40. The van der Waals surface area contributed by atoms with Crippen molar-refractivity contribution in [1.29, 1.82) is 0 Å². The molecule has 3 heterocycles. The number of rotatable bonds is 6. The van der Waals surface area contributed by atoms with Crippen molar-refractivity contribution in [3.8, 4) is 5.75 Å². The molecule has 6 rings (SSSR count). The van der Waals surface area contributed by atoms with E-state index >= 15 is 0 Å². The fourth-order valence-corrected chi connectivity index (χ4v) is 5.52. The van der Waals surface area contributed by atoms with Gasteiger partial charge in [0.1, 0.15) is 17.0 Å². The normalized spacial score (nSPS) is 13.9. The summed E-state index contributed by atoms with van der Waals surface area (Å²) in [5.74, 6) is -0.531. The third-order valence-corrected chi connectivity index (χ3v) is 7.54. The number of hydrogen-bond acceptors (Lipinski definition) is 6. The van der Waals surface area contributed by atoms with E-state index in [9.17, 15) is 24.5 Å². The van der Waals surface area contributed by atoms with Crippen LogP contribution < -0.4 is 15.7 Å². The summed E-state index contributed by atoms with van der Waals surface area (Å²) in [5, 5.41) is 14.8. The van der Waals surface area contributed by atoms with Gasteiger partial charge >= 0.3 is 5.69 Å². The Kier molecular flexibility index (Phi) is 6.50. The van der Waals surface area contributed by atoms with Crippen molar-refractivity contribution in [2.24, 2.45) is 0 Å². The number of ether oxygens (including phenoxy) is 1. The molecule has 5 aromatic rings. The molecule has 1 saturated heterocycles. The van der Waals surface area contributed by atoms with Crippen LogP contribution in [0.5, 0.6) is 5.75 Å². The molecule has 1 fully saturated rings. The number of aromatic nitrogens is 3. The fraction of sp³-hybridized carbons (Fsp3) is 0.207. The Balaban J connectivity index is 1.30. The second-order valence-corrected chi connectivity index (χ2v) is 9.86. The zero-order valence-corrected chi connectivity index (χ0v) is 22.0. The maximum absolute atomic E-state index is 13.8. The standard InChI is InChI=1S/C29H26N6O6/c1-41-18-10-11-21-20(16-18)25(32-27(36)19-6-2-4-8-23(19)35(39)40)26(30-21)28(37)33-14-12-17(13-15-33)34-24-9-5-3-7-22(24)31-29(34)38/h2-11,16-17,30H,12-15H2,1H3,(H,31,38)(H,32,36). The smallest absolute Gasteiger partial charge is 0.326 e. The maximum Gasteiger partial charge on any atom is 0.326 e. The highest BCUT2D eigenvalue weighted by atomic mass is 16.6. The van der Waals surface area contributed by atoms with E-state index in [1.54, 1.807) is 27.7 Å². The van der Waals surface area contributed by atoms with E-state index in [4.69, 9.17) is 4.74 Å². The van der Waals surface area contributed by atoms with Crippen LogP contribution in [-0.4, -0.2) is 56.4 Å². The number of carbonyl (C=O) groups is 2. The predicted octanol–water partition coefficient (Wildman–Crippen LogP) is 4.46. The Labute approximate surface area is 232 Å². The molecule has 0 aliphatic carbocycles. The third kappa shape index (κ3) is 4.58. The minimum absolute atomic E-state index is 0.0764. The average molecular weight is 555 g/mol.